The van der Waals surface area contributed by atoms with E-state index in [2.05, 4.69) is 31.6 Å². The Morgan fingerprint density at radius 1 is 1.25 bits per heavy atom. The summed E-state index contributed by atoms with van der Waals surface area (Å²) >= 11 is 0. The number of hydrogen-bond acceptors (Lipinski definition) is 4. The van der Waals surface area contributed by atoms with Gasteiger partial charge in [-0.05, 0) is 42.7 Å². The van der Waals surface area contributed by atoms with E-state index in [-0.39, 0.29) is 11.9 Å². The Morgan fingerprint density at radius 2 is 2.00 bits per heavy atom. The minimum Gasteiger partial charge on any atom is -0.375 e. The highest BCUT2D eigenvalue weighted by molar-refractivity contribution is 5.80. The predicted octanol–water partition coefficient (Wildman–Crippen LogP) is 2.74. The van der Waals surface area contributed by atoms with E-state index in [1.54, 1.807) is 26.3 Å². The summed E-state index contributed by atoms with van der Waals surface area (Å²) in [6.07, 6.45) is 3.69. The Bertz CT molecular complexity index is 745. The highest BCUT2D eigenvalue weighted by Gasteiger charge is 2.21. The van der Waals surface area contributed by atoms with Gasteiger partial charge in [-0.15, -0.1) is 0 Å². The smallest absolute Gasteiger partial charge is 0.191 e. The van der Waals surface area contributed by atoms with Crippen molar-refractivity contribution in [2.45, 2.75) is 25.0 Å². The molecular formula is C21H28FN5O. The number of nitrogens with zero attached hydrogens (tertiary/aromatic N) is 3. The molecule has 1 atom stereocenters. The number of hydrogen-bond donors (Lipinski definition) is 2. The van der Waals surface area contributed by atoms with Gasteiger partial charge < -0.3 is 20.3 Å². The second-order valence-electron chi connectivity index (χ2n) is 6.82. The van der Waals surface area contributed by atoms with Crippen molar-refractivity contribution in [2.24, 2.45) is 4.99 Å². The molecule has 6 nitrogen and oxygen atoms in total. The van der Waals surface area contributed by atoms with E-state index in [0.717, 1.165) is 43.3 Å². The summed E-state index contributed by atoms with van der Waals surface area (Å²) in [6, 6.07) is 12.8. The van der Waals surface area contributed by atoms with Crippen LogP contribution >= 0.6 is 0 Å². The van der Waals surface area contributed by atoms with Gasteiger partial charge in [-0.2, -0.15) is 0 Å². The number of pyridine rings is 1. The lowest BCUT2D eigenvalue weighted by atomic mass is 10.1. The Kier molecular flexibility index (Phi) is 7.19. The lowest BCUT2D eigenvalue weighted by molar-refractivity contribution is 0.106. The third kappa shape index (κ3) is 5.42. The highest BCUT2D eigenvalue weighted by atomic mass is 19.1. The number of nitrogens with one attached hydrogen (secondary N) is 2. The summed E-state index contributed by atoms with van der Waals surface area (Å²) < 4.78 is 18.7. The van der Waals surface area contributed by atoms with Gasteiger partial charge in [0.25, 0.3) is 0 Å². The van der Waals surface area contributed by atoms with Crippen LogP contribution in [0.15, 0.2) is 53.7 Å². The van der Waals surface area contributed by atoms with Crippen LogP contribution in [0.1, 0.15) is 24.5 Å². The van der Waals surface area contributed by atoms with Crippen LogP contribution in [0.2, 0.25) is 0 Å². The molecule has 1 aromatic carbocycles. The summed E-state index contributed by atoms with van der Waals surface area (Å²) in [4.78, 5) is 11.1. The third-order valence-corrected chi connectivity index (χ3v) is 5.01. The maximum Gasteiger partial charge on any atom is 0.191 e. The molecule has 0 spiro atoms. The van der Waals surface area contributed by atoms with Gasteiger partial charge >= 0.3 is 0 Å². The molecule has 1 fully saturated rings. The van der Waals surface area contributed by atoms with Crippen molar-refractivity contribution in [2.75, 3.05) is 38.7 Å². The number of piperidine rings is 1. The molecule has 1 aliphatic heterocycles. The minimum atomic E-state index is -0.249. The SMILES string of the molecule is CN=C(NCC(OC)c1ccc(F)cc1)NC1CCN(c2ccccn2)CC1. The number of methoxy groups -OCH3 is 1. The van der Waals surface area contributed by atoms with Gasteiger partial charge in [-0.3, -0.25) is 4.99 Å². The zero-order valence-corrected chi connectivity index (χ0v) is 16.4. The van der Waals surface area contributed by atoms with Crippen LogP contribution in [0.4, 0.5) is 10.2 Å². The second-order valence-corrected chi connectivity index (χ2v) is 6.82. The first-order chi connectivity index (χ1) is 13.7. The van der Waals surface area contributed by atoms with Gasteiger partial charge in [0, 0.05) is 46.0 Å². The predicted molar refractivity (Wildman–Crippen MR) is 110 cm³/mol. The largest absolute Gasteiger partial charge is 0.375 e. The van der Waals surface area contributed by atoms with Crippen LogP contribution in [0, 0.1) is 5.82 Å². The highest BCUT2D eigenvalue weighted by Crippen LogP contribution is 2.18. The standard InChI is InChI=1S/C21H28FN5O/c1-23-21(25-15-19(28-2)16-6-8-17(22)9-7-16)26-18-10-13-27(14-11-18)20-5-3-4-12-24-20/h3-9,12,18-19H,10-11,13-15H2,1-2H3,(H2,23,25,26). The van der Waals surface area contributed by atoms with E-state index in [4.69, 9.17) is 4.74 Å². The minimum absolute atomic E-state index is 0.176. The van der Waals surface area contributed by atoms with E-state index >= 15 is 0 Å². The van der Waals surface area contributed by atoms with Crippen LogP contribution in [0.5, 0.6) is 0 Å². The van der Waals surface area contributed by atoms with Gasteiger partial charge in [0.15, 0.2) is 5.96 Å². The van der Waals surface area contributed by atoms with E-state index in [1.165, 1.54) is 12.1 Å². The van der Waals surface area contributed by atoms with Crippen LogP contribution in [-0.4, -0.2) is 50.8 Å². The number of anilines is 1. The first kappa shape index (κ1) is 20.1. The van der Waals surface area contributed by atoms with Gasteiger partial charge in [-0.1, -0.05) is 18.2 Å². The summed E-state index contributed by atoms with van der Waals surface area (Å²) in [5.41, 5.74) is 0.926. The van der Waals surface area contributed by atoms with Gasteiger partial charge in [-0.25, -0.2) is 9.37 Å². The quantitative estimate of drug-likeness (QED) is 0.591. The Balaban J connectivity index is 1.47. The normalized spacial score (nSPS) is 16.7. The lowest BCUT2D eigenvalue weighted by Crippen LogP contribution is -2.49. The number of ether oxygens (including phenoxy) is 1. The third-order valence-electron chi connectivity index (χ3n) is 5.01. The Hall–Kier alpha value is -2.67. The monoisotopic (exact) mass is 385 g/mol. The molecule has 150 valence electrons. The van der Waals surface area contributed by atoms with Crippen molar-refractivity contribution in [3.05, 3.63) is 60.0 Å². The number of guanidine groups is 1. The summed E-state index contributed by atoms with van der Waals surface area (Å²) in [5, 5.41) is 6.81. The summed E-state index contributed by atoms with van der Waals surface area (Å²) in [6.45, 7) is 2.47. The molecule has 1 aromatic heterocycles. The second kappa shape index (κ2) is 10.0. The first-order valence-corrected chi connectivity index (χ1v) is 9.61. The fourth-order valence-electron chi connectivity index (χ4n) is 3.39. The molecule has 0 amide bonds. The Labute approximate surface area is 165 Å². The van der Waals surface area contributed by atoms with Gasteiger partial charge in [0.1, 0.15) is 11.6 Å². The van der Waals surface area contributed by atoms with Gasteiger partial charge in [0.05, 0.1) is 6.10 Å². The van der Waals surface area contributed by atoms with Crippen LogP contribution in [0.25, 0.3) is 0 Å². The molecule has 1 saturated heterocycles. The molecule has 0 aliphatic carbocycles. The van der Waals surface area contributed by atoms with Crippen molar-refractivity contribution in [1.82, 2.24) is 15.6 Å². The summed E-state index contributed by atoms with van der Waals surface area (Å²) in [5.74, 6) is 1.53. The first-order valence-electron chi connectivity index (χ1n) is 9.61. The van der Waals surface area contributed by atoms with Crippen molar-refractivity contribution >= 4 is 11.8 Å². The topological polar surface area (TPSA) is 61.8 Å². The average Bonchev–Trinajstić information content (AvgIpc) is 2.75. The molecule has 2 aromatic rings. The molecule has 0 bridgehead atoms. The maximum absolute atomic E-state index is 13.1. The molecule has 2 heterocycles. The molecule has 1 aliphatic rings. The molecule has 0 radical (unpaired) electrons. The van der Waals surface area contributed by atoms with E-state index < -0.39 is 0 Å². The van der Waals surface area contributed by atoms with Crippen molar-refractivity contribution in [3.63, 3.8) is 0 Å². The molecule has 7 heteroatoms. The fraction of sp³-hybridized carbons (Fsp3) is 0.429. The number of aliphatic imine (C=N–C) groups is 1. The summed E-state index contributed by atoms with van der Waals surface area (Å²) in [7, 11) is 3.41. The van der Waals surface area contributed by atoms with Crippen molar-refractivity contribution in [3.8, 4) is 0 Å². The van der Waals surface area contributed by atoms with Crippen molar-refractivity contribution in [1.29, 1.82) is 0 Å². The molecule has 0 saturated carbocycles. The zero-order valence-electron chi connectivity index (χ0n) is 16.4. The maximum atomic E-state index is 13.1. The van der Waals surface area contributed by atoms with Crippen molar-refractivity contribution < 1.29 is 9.13 Å². The zero-order chi connectivity index (χ0) is 19.8. The lowest BCUT2D eigenvalue weighted by Gasteiger charge is -2.34. The van der Waals surface area contributed by atoms with Crippen LogP contribution < -0.4 is 15.5 Å². The molecule has 28 heavy (non-hydrogen) atoms. The fourth-order valence-corrected chi connectivity index (χ4v) is 3.39. The van der Waals surface area contributed by atoms with E-state index in [1.807, 2.05) is 18.3 Å². The van der Waals surface area contributed by atoms with E-state index in [0.29, 0.717) is 12.6 Å². The molecular weight excluding hydrogens is 357 g/mol. The number of rotatable bonds is 6. The van der Waals surface area contributed by atoms with Crippen LogP contribution in [-0.2, 0) is 4.74 Å². The number of benzene rings is 1. The Morgan fingerprint density at radius 3 is 2.61 bits per heavy atom. The van der Waals surface area contributed by atoms with Crippen LogP contribution in [0.3, 0.4) is 0 Å². The van der Waals surface area contributed by atoms with Gasteiger partial charge in [0.2, 0.25) is 0 Å². The number of aromatic nitrogens is 1. The average molecular weight is 385 g/mol. The number of halogens is 1. The van der Waals surface area contributed by atoms with E-state index in [9.17, 15) is 4.39 Å². The molecule has 2 N–H and O–H groups in total. The molecule has 1 unspecified atom stereocenters. The molecule has 3 rings (SSSR count).